The number of nitrogens with zero attached hydrogens (tertiary/aromatic N) is 4. The van der Waals surface area contributed by atoms with Crippen LogP contribution in [0.2, 0.25) is 0 Å². The first-order chi connectivity index (χ1) is 14.5. The van der Waals surface area contributed by atoms with Crippen LogP contribution in [0.4, 0.5) is 11.4 Å². The molecule has 0 amide bonds. The summed E-state index contributed by atoms with van der Waals surface area (Å²) < 4.78 is 0. The van der Waals surface area contributed by atoms with Crippen molar-refractivity contribution < 1.29 is 14.6 Å². The highest BCUT2D eigenvalue weighted by Crippen LogP contribution is 2.26. The molecule has 4 aromatic rings. The zero-order chi connectivity index (χ0) is 21.5. The molecule has 0 N–H and O–H groups in total. The standard InChI is InChI=1S/C10H6N2O3S.C9H6N2O2S.2CH4/c13-6-9-5-11-10(16-9)7-1-3-8(4-2-7)12(14)15;12-11(13)8-3-1-7(2-4-8)9-10-5-6-14-9;;/h1-6H;1-6H;2*1H4. The molecule has 0 aliphatic rings. The predicted octanol–water partition coefficient (Wildman–Crippen LogP) is 6.52. The molecule has 4 rings (SSSR count). The molecule has 11 heteroatoms. The summed E-state index contributed by atoms with van der Waals surface area (Å²) in [6.07, 6.45) is 3.92. The first-order valence-electron chi connectivity index (χ1n) is 8.28. The number of hydrogen-bond donors (Lipinski definition) is 0. The van der Waals surface area contributed by atoms with Crippen LogP contribution in [0.15, 0.2) is 66.3 Å². The smallest absolute Gasteiger partial charge is 0.269 e. The van der Waals surface area contributed by atoms with E-state index in [1.165, 1.54) is 53.1 Å². The number of aldehydes is 1. The second-order valence-corrected chi connectivity index (χ2v) is 7.59. The van der Waals surface area contributed by atoms with E-state index in [0.29, 0.717) is 9.88 Å². The van der Waals surface area contributed by atoms with Gasteiger partial charge in [0, 0.05) is 53.2 Å². The topological polar surface area (TPSA) is 129 Å². The molecule has 2 aromatic carbocycles. The number of non-ortho nitro benzene ring substituents is 2. The third kappa shape index (κ3) is 6.59. The van der Waals surface area contributed by atoms with Gasteiger partial charge in [0.1, 0.15) is 10.0 Å². The normalized spacial score (nSPS) is 9.38. The average Bonchev–Trinajstić information content (AvgIpc) is 3.46. The molecular weight excluding hydrogens is 452 g/mol. The summed E-state index contributed by atoms with van der Waals surface area (Å²) in [4.78, 5) is 39.1. The zero-order valence-electron chi connectivity index (χ0n) is 15.1. The summed E-state index contributed by atoms with van der Waals surface area (Å²) in [7, 11) is 0. The molecule has 32 heavy (non-hydrogen) atoms. The Balaban J connectivity index is 0.000000303. The second-order valence-electron chi connectivity index (χ2n) is 5.63. The van der Waals surface area contributed by atoms with E-state index in [4.69, 9.17) is 0 Å². The summed E-state index contributed by atoms with van der Waals surface area (Å²) in [6.45, 7) is 0. The Bertz CT molecular complexity index is 1160. The Kier molecular flexibility index (Phi) is 9.93. The molecule has 0 aliphatic carbocycles. The summed E-state index contributed by atoms with van der Waals surface area (Å²) in [6, 6.07) is 12.4. The van der Waals surface area contributed by atoms with Crippen LogP contribution < -0.4 is 0 Å². The van der Waals surface area contributed by atoms with Gasteiger partial charge in [0.05, 0.1) is 14.7 Å². The van der Waals surface area contributed by atoms with Crippen LogP contribution in [0, 0.1) is 20.2 Å². The van der Waals surface area contributed by atoms with Crippen molar-refractivity contribution in [3.8, 4) is 21.1 Å². The lowest BCUT2D eigenvalue weighted by Gasteiger charge is -1.94. The number of carbonyl (C=O) groups excluding carboxylic acids is 1. The number of hydrogen-bond acceptors (Lipinski definition) is 9. The van der Waals surface area contributed by atoms with Crippen molar-refractivity contribution in [2.75, 3.05) is 0 Å². The van der Waals surface area contributed by atoms with Crippen molar-refractivity contribution in [3.05, 3.63) is 91.4 Å². The van der Waals surface area contributed by atoms with E-state index in [-0.39, 0.29) is 26.2 Å². The van der Waals surface area contributed by atoms with Crippen LogP contribution in [0.5, 0.6) is 0 Å². The summed E-state index contributed by atoms with van der Waals surface area (Å²) >= 11 is 2.76. The SMILES string of the molecule is C.C.O=Cc1cnc(-c2ccc([N+](=O)[O-])cc2)s1.O=[N+]([O-])c1ccc(-c2nccs2)cc1. The van der Waals surface area contributed by atoms with Gasteiger partial charge >= 0.3 is 0 Å². The molecule has 2 heterocycles. The fourth-order valence-corrected chi connectivity index (χ4v) is 3.67. The minimum absolute atomic E-state index is 0. The highest BCUT2D eigenvalue weighted by Gasteiger charge is 2.08. The van der Waals surface area contributed by atoms with E-state index in [0.717, 1.165) is 22.4 Å². The van der Waals surface area contributed by atoms with Gasteiger partial charge in [-0.15, -0.1) is 22.7 Å². The fraction of sp³-hybridized carbons (Fsp3) is 0.0952. The van der Waals surface area contributed by atoms with Crippen LogP contribution in [0.3, 0.4) is 0 Å². The first kappa shape index (κ1) is 26.2. The lowest BCUT2D eigenvalue weighted by atomic mass is 10.2. The van der Waals surface area contributed by atoms with Crippen LogP contribution in [-0.4, -0.2) is 26.1 Å². The molecule has 2 aromatic heterocycles. The highest BCUT2D eigenvalue weighted by molar-refractivity contribution is 7.16. The summed E-state index contributed by atoms with van der Waals surface area (Å²) in [5.41, 5.74) is 1.82. The van der Waals surface area contributed by atoms with E-state index in [2.05, 4.69) is 9.97 Å². The Morgan fingerprint density at radius 2 is 1.28 bits per heavy atom. The lowest BCUT2D eigenvalue weighted by molar-refractivity contribution is -0.385. The largest absolute Gasteiger partial charge is 0.297 e. The maximum Gasteiger partial charge on any atom is 0.269 e. The van der Waals surface area contributed by atoms with Crippen molar-refractivity contribution >= 4 is 40.3 Å². The van der Waals surface area contributed by atoms with Gasteiger partial charge in [-0.25, -0.2) is 9.97 Å². The minimum Gasteiger partial charge on any atom is -0.297 e. The number of nitro benzene ring substituents is 2. The molecule has 0 saturated carbocycles. The van der Waals surface area contributed by atoms with Gasteiger partial charge in [-0.3, -0.25) is 25.0 Å². The van der Waals surface area contributed by atoms with Crippen LogP contribution >= 0.6 is 22.7 Å². The quantitative estimate of drug-likeness (QED) is 0.183. The summed E-state index contributed by atoms with van der Waals surface area (Å²) in [5.74, 6) is 0. The number of carbonyl (C=O) groups is 1. The second kappa shape index (κ2) is 12.1. The van der Waals surface area contributed by atoms with Gasteiger partial charge in [0.25, 0.3) is 11.4 Å². The third-order valence-electron chi connectivity index (χ3n) is 3.72. The molecule has 0 fully saturated rings. The molecule has 0 spiro atoms. The zero-order valence-corrected chi connectivity index (χ0v) is 16.7. The lowest BCUT2D eigenvalue weighted by Crippen LogP contribution is -1.86. The highest BCUT2D eigenvalue weighted by atomic mass is 32.1. The van der Waals surface area contributed by atoms with Crippen LogP contribution in [0.1, 0.15) is 24.5 Å². The predicted molar refractivity (Wildman–Crippen MR) is 127 cm³/mol. The van der Waals surface area contributed by atoms with E-state index in [1.807, 2.05) is 5.38 Å². The molecule has 9 nitrogen and oxygen atoms in total. The molecular formula is C21H20N4O5S2. The average molecular weight is 473 g/mol. The number of rotatable bonds is 5. The number of thiazole rings is 2. The Labute approximate surface area is 192 Å². The van der Waals surface area contributed by atoms with Crippen molar-refractivity contribution in [3.63, 3.8) is 0 Å². The molecule has 0 atom stereocenters. The van der Waals surface area contributed by atoms with E-state index >= 15 is 0 Å². The molecule has 0 bridgehead atoms. The monoisotopic (exact) mass is 472 g/mol. The Morgan fingerprint density at radius 3 is 1.66 bits per heavy atom. The van der Waals surface area contributed by atoms with Gasteiger partial charge in [0.15, 0.2) is 6.29 Å². The first-order valence-corrected chi connectivity index (χ1v) is 9.97. The summed E-state index contributed by atoms with van der Waals surface area (Å²) in [5, 5.41) is 24.3. The minimum atomic E-state index is -0.456. The third-order valence-corrected chi connectivity index (χ3v) is 5.52. The van der Waals surface area contributed by atoms with Gasteiger partial charge in [-0.2, -0.15) is 0 Å². The molecule has 166 valence electrons. The van der Waals surface area contributed by atoms with E-state index in [1.54, 1.807) is 30.5 Å². The van der Waals surface area contributed by atoms with E-state index in [9.17, 15) is 25.0 Å². The van der Waals surface area contributed by atoms with Crippen LogP contribution in [-0.2, 0) is 0 Å². The van der Waals surface area contributed by atoms with Gasteiger partial charge in [-0.1, -0.05) is 14.9 Å². The van der Waals surface area contributed by atoms with Gasteiger partial charge in [0.2, 0.25) is 0 Å². The van der Waals surface area contributed by atoms with Crippen molar-refractivity contribution in [1.82, 2.24) is 9.97 Å². The number of nitro groups is 2. The molecule has 0 unspecified atom stereocenters. The maximum absolute atomic E-state index is 10.5. The van der Waals surface area contributed by atoms with Gasteiger partial charge in [-0.05, 0) is 24.3 Å². The van der Waals surface area contributed by atoms with Crippen molar-refractivity contribution in [1.29, 1.82) is 0 Å². The fourth-order valence-electron chi connectivity index (χ4n) is 2.29. The van der Waals surface area contributed by atoms with Crippen molar-refractivity contribution in [2.45, 2.75) is 14.9 Å². The molecule has 0 saturated heterocycles. The molecule has 0 aliphatic heterocycles. The Hall–Kier alpha value is -3.83. The van der Waals surface area contributed by atoms with Crippen LogP contribution in [0.25, 0.3) is 21.1 Å². The molecule has 0 radical (unpaired) electrons. The Morgan fingerprint density at radius 1 is 0.781 bits per heavy atom. The van der Waals surface area contributed by atoms with Gasteiger partial charge < -0.3 is 0 Å². The number of benzene rings is 2. The number of aromatic nitrogens is 2. The van der Waals surface area contributed by atoms with Crippen molar-refractivity contribution in [2.24, 2.45) is 0 Å². The maximum atomic E-state index is 10.5. The van der Waals surface area contributed by atoms with E-state index < -0.39 is 9.85 Å².